The summed E-state index contributed by atoms with van der Waals surface area (Å²) in [6.45, 7) is 0.407. The molecular weight excluding hydrogens is 294 g/mol. The molecule has 0 aliphatic carbocycles. The third-order valence-electron chi connectivity index (χ3n) is 3.68. The molecule has 0 spiro atoms. The molecule has 1 amide bonds. The Balaban J connectivity index is 2.03. The van der Waals surface area contributed by atoms with E-state index in [1.54, 1.807) is 0 Å². The van der Waals surface area contributed by atoms with Crippen molar-refractivity contribution in [2.45, 2.75) is 19.1 Å². The number of nitrogens with zero attached hydrogens (tertiary/aromatic N) is 1. The second kappa shape index (κ2) is 8.19. The van der Waals surface area contributed by atoms with Gasteiger partial charge in [0.1, 0.15) is 12.4 Å². The highest BCUT2D eigenvalue weighted by molar-refractivity contribution is 5.65. The van der Waals surface area contributed by atoms with Gasteiger partial charge in [0.2, 0.25) is 0 Å². The zero-order chi connectivity index (χ0) is 16.7. The van der Waals surface area contributed by atoms with Crippen LogP contribution in [-0.4, -0.2) is 34.9 Å². The second-order valence-electron chi connectivity index (χ2n) is 5.26. The number of amides is 1. The van der Waals surface area contributed by atoms with E-state index < -0.39 is 6.09 Å². The monoisotopic (exact) mass is 315 g/mol. The molecule has 0 aliphatic heterocycles. The fourth-order valence-corrected chi connectivity index (χ4v) is 2.37. The van der Waals surface area contributed by atoms with E-state index in [2.05, 4.69) is 0 Å². The number of hydrogen-bond acceptors (Lipinski definition) is 3. The molecule has 5 heteroatoms. The van der Waals surface area contributed by atoms with Crippen molar-refractivity contribution in [3.63, 3.8) is 0 Å². The summed E-state index contributed by atoms with van der Waals surface area (Å²) in [4.78, 5) is 12.3. The summed E-state index contributed by atoms with van der Waals surface area (Å²) < 4.78 is 5.72. The van der Waals surface area contributed by atoms with Gasteiger partial charge in [-0.3, -0.25) is 0 Å². The van der Waals surface area contributed by atoms with Crippen molar-refractivity contribution in [1.29, 1.82) is 0 Å². The van der Waals surface area contributed by atoms with Gasteiger partial charge in [0.05, 0.1) is 6.04 Å². The van der Waals surface area contributed by atoms with Crippen LogP contribution in [0.5, 0.6) is 5.75 Å². The molecule has 0 saturated heterocycles. The fraction of sp³-hybridized carbons (Fsp3) is 0.278. The first-order chi connectivity index (χ1) is 11.1. The molecule has 2 aromatic carbocycles. The molecule has 1 atom stereocenters. The van der Waals surface area contributed by atoms with E-state index >= 15 is 0 Å². The largest absolute Gasteiger partial charge is 0.489 e. The Kier molecular flexibility index (Phi) is 6.00. The minimum atomic E-state index is -1.02. The highest BCUT2D eigenvalue weighted by Gasteiger charge is 2.20. The molecule has 2 N–H and O–H groups in total. The van der Waals surface area contributed by atoms with Crippen molar-refractivity contribution in [2.75, 3.05) is 13.7 Å². The summed E-state index contributed by atoms with van der Waals surface area (Å²) in [6.07, 6.45) is -0.666. The summed E-state index contributed by atoms with van der Waals surface area (Å²) in [7, 11) is 1.50. The van der Waals surface area contributed by atoms with Crippen LogP contribution in [0, 0.1) is 0 Å². The lowest BCUT2D eigenvalue weighted by Crippen LogP contribution is -2.30. The van der Waals surface area contributed by atoms with Gasteiger partial charge >= 0.3 is 6.09 Å². The predicted octanol–water partition coefficient (Wildman–Crippen LogP) is 3.30. The zero-order valence-electron chi connectivity index (χ0n) is 13.1. The average Bonchev–Trinajstić information content (AvgIpc) is 2.58. The standard InChI is InChI=1S/C18H21NO4/c1-19(18(21)22)17(11-12-20)15-7-9-16(10-8-15)23-13-14-5-3-2-4-6-14/h2-10,17,20H,11-13H2,1H3,(H,21,22). The number of carbonyl (C=O) groups is 1. The molecule has 0 heterocycles. The third-order valence-corrected chi connectivity index (χ3v) is 3.68. The molecule has 5 nitrogen and oxygen atoms in total. The van der Waals surface area contributed by atoms with Crippen molar-refractivity contribution >= 4 is 6.09 Å². The maximum atomic E-state index is 11.1. The number of aliphatic hydroxyl groups is 1. The molecule has 122 valence electrons. The summed E-state index contributed by atoms with van der Waals surface area (Å²) >= 11 is 0. The van der Waals surface area contributed by atoms with Crippen LogP contribution in [0.15, 0.2) is 54.6 Å². The Labute approximate surface area is 135 Å². The smallest absolute Gasteiger partial charge is 0.407 e. The van der Waals surface area contributed by atoms with Gasteiger partial charge in [-0.25, -0.2) is 4.79 Å². The van der Waals surface area contributed by atoms with Gasteiger partial charge in [0.25, 0.3) is 0 Å². The first-order valence-electron chi connectivity index (χ1n) is 7.45. The van der Waals surface area contributed by atoms with Crippen LogP contribution in [0.25, 0.3) is 0 Å². The second-order valence-corrected chi connectivity index (χ2v) is 5.26. The number of rotatable bonds is 7. The van der Waals surface area contributed by atoms with E-state index in [1.807, 2.05) is 54.6 Å². The molecular formula is C18H21NO4. The molecule has 0 fully saturated rings. The highest BCUT2D eigenvalue weighted by Crippen LogP contribution is 2.25. The van der Waals surface area contributed by atoms with E-state index in [4.69, 9.17) is 14.9 Å². The van der Waals surface area contributed by atoms with Crippen LogP contribution in [-0.2, 0) is 6.61 Å². The molecule has 2 rings (SSSR count). The quantitative estimate of drug-likeness (QED) is 0.822. The molecule has 0 saturated carbocycles. The lowest BCUT2D eigenvalue weighted by molar-refractivity contribution is 0.128. The summed E-state index contributed by atoms with van der Waals surface area (Å²) in [5.74, 6) is 0.721. The van der Waals surface area contributed by atoms with Crippen LogP contribution in [0.2, 0.25) is 0 Å². The Bertz CT molecular complexity index is 613. The minimum Gasteiger partial charge on any atom is -0.489 e. The van der Waals surface area contributed by atoms with E-state index in [0.717, 1.165) is 16.9 Å². The fourth-order valence-electron chi connectivity index (χ4n) is 2.37. The summed E-state index contributed by atoms with van der Waals surface area (Å²) in [5.41, 5.74) is 1.91. The number of ether oxygens (including phenoxy) is 1. The lowest BCUT2D eigenvalue weighted by Gasteiger charge is -2.25. The van der Waals surface area contributed by atoms with Crippen molar-refractivity contribution in [1.82, 2.24) is 4.90 Å². The van der Waals surface area contributed by atoms with E-state index in [9.17, 15) is 4.79 Å². The first-order valence-corrected chi connectivity index (χ1v) is 7.45. The first kappa shape index (κ1) is 16.8. The Morgan fingerprint density at radius 3 is 2.35 bits per heavy atom. The van der Waals surface area contributed by atoms with Crippen molar-refractivity contribution in [2.24, 2.45) is 0 Å². The molecule has 23 heavy (non-hydrogen) atoms. The normalized spacial score (nSPS) is 11.7. The van der Waals surface area contributed by atoms with Crippen LogP contribution in [0.1, 0.15) is 23.6 Å². The highest BCUT2D eigenvalue weighted by atomic mass is 16.5. The summed E-state index contributed by atoms with van der Waals surface area (Å²) in [6, 6.07) is 16.8. The van der Waals surface area contributed by atoms with E-state index in [-0.39, 0.29) is 12.6 Å². The Morgan fingerprint density at radius 2 is 1.78 bits per heavy atom. The van der Waals surface area contributed by atoms with Crippen LogP contribution >= 0.6 is 0 Å². The van der Waals surface area contributed by atoms with Crippen LogP contribution in [0.3, 0.4) is 0 Å². The lowest BCUT2D eigenvalue weighted by atomic mass is 10.0. The van der Waals surface area contributed by atoms with Gasteiger partial charge in [-0.15, -0.1) is 0 Å². The maximum Gasteiger partial charge on any atom is 0.407 e. The third kappa shape index (κ3) is 4.72. The molecule has 2 aromatic rings. The predicted molar refractivity (Wildman–Crippen MR) is 87.4 cm³/mol. The number of hydrogen-bond donors (Lipinski definition) is 2. The molecule has 0 bridgehead atoms. The molecule has 1 unspecified atom stereocenters. The minimum absolute atomic E-state index is 0.0749. The van der Waals surface area contributed by atoms with Gasteiger partial charge in [-0.1, -0.05) is 42.5 Å². The van der Waals surface area contributed by atoms with Crippen LogP contribution < -0.4 is 4.74 Å². The van der Waals surface area contributed by atoms with Crippen molar-refractivity contribution in [3.8, 4) is 5.75 Å². The average molecular weight is 315 g/mol. The molecule has 0 aliphatic rings. The van der Waals surface area contributed by atoms with Gasteiger partial charge in [-0.2, -0.15) is 0 Å². The Morgan fingerprint density at radius 1 is 1.13 bits per heavy atom. The van der Waals surface area contributed by atoms with E-state index in [1.165, 1.54) is 11.9 Å². The van der Waals surface area contributed by atoms with E-state index in [0.29, 0.717) is 13.0 Å². The Hall–Kier alpha value is -2.53. The van der Waals surface area contributed by atoms with Gasteiger partial charge in [0, 0.05) is 13.7 Å². The number of aliphatic hydroxyl groups excluding tert-OH is 1. The molecule has 0 radical (unpaired) electrons. The van der Waals surface area contributed by atoms with Crippen molar-refractivity contribution in [3.05, 3.63) is 65.7 Å². The van der Waals surface area contributed by atoms with Gasteiger partial charge in [0.15, 0.2) is 0 Å². The van der Waals surface area contributed by atoms with Crippen LogP contribution in [0.4, 0.5) is 4.79 Å². The maximum absolute atomic E-state index is 11.1. The topological polar surface area (TPSA) is 70.0 Å². The van der Waals surface area contributed by atoms with Crippen molar-refractivity contribution < 1.29 is 19.7 Å². The number of carboxylic acid groups (broad SMARTS) is 1. The zero-order valence-corrected chi connectivity index (χ0v) is 13.1. The van der Waals surface area contributed by atoms with Gasteiger partial charge < -0.3 is 19.8 Å². The molecule has 0 aromatic heterocycles. The summed E-state index contributed by atoms with van der Waals surface area (Å²) in [5, 5.41) is 18.3. The van der Waals surface area contributed by atoms with Gasteiger partial charge in [-0.05, 0) is 29.7 Å². The number of benzene rings is 2. The SMILES string of the molecule is CN(C(=O)O)C(CCO)c1ccc(OCc2ccccc2)cc1.